The number of nitro groups is 1. The molecule has 0 saturated carbocycles. The number of amides is 1. The van der Waals surface area contributed by atoms with E-state index in [9.17, 15) is 23.3 Å². The van der Waals surface area contributed by atoms with Crippen LogP contribution in [0.25, 0.3) is 10.2 Å². The van der Waals surface area contributed by atoms with Gasteiger partial charge < -0.3 is 4.57 Å². The number of nitro benzene ring substituents is 1. The maximum absolute atomic E-state index is 13.0. The first-order valence-electron chi connectivity index (χ1n) is 10.5. The van der Waals surface area contributed by atoms with Gasteiger partial charge in [-0.2, -0.15) is 9.30 Å². The molecule has 1 aliphatic rings. The van der Waals surface area contributed by atoms with E-state index >= 15 is 0 Å². The summed E-state index contributed by atoms with van der Waals surface area (Å²) >= 11 is 1.17. The molecule has 33 heavy (non-hydrogen) atoms. The molecule has 0 radical (unpaired) electrons. The molecular formula is C22H24N4O5S2. The molecule has 1 fully saturated rings. The van der Waals surface area contributed by atoms with Gasteiger partial charge in [-0.3, -0.25) is 14.9 Å². The van der Waals surface area contributed by atoms with Crippen molar-refractivity contribution in [3.63, 3.8) is 0 Å². The van der Waals surface area contributed by atoms with Crippen LogP contribution in [0.4, 0.5) is 5.69 Å². The normalized spacial score (nSPS) is 20.3. The minimum absolute atomic E-state index is 0.0310. The Morgan fingerprint density at radius 3 is 2.36 bits per heavy atom. The quantitative estimate of drug-likeness (QED) is 0.411. The van der Waals surface area contributed by atoms with Crippen LogP contribution in [0.1, 0.15) is 30.6 Å². The van der Waals surface area contributed by atoms with Gasteiger partial charge in [0.15, 0.2) is 4.80 Å². The van der Waals surface area contributed by atoms with Crippen LogP contribution in [-0.4, -0.2) is 41.2 Å². The van der Waals surface area contributed by atoms with Crippen LogP contribution in [0.2, 0.25) is 0 Å². The molecule has 1 aliphatic heterocycles. The Morgan fingerprint density at radius 2 is 1.76 bits per heavy atom. The number of non-ortho nitro benzene ring substituents is 1. The molecule has 2 aromatic carbocycles. The number of aryl methyl sites for hydroxylation is 1. The second-order valence-electron chi connectivity index (χ2n) is 8.56. The van der Waals surface area contributed by atoms with Crippen molar-refractivity contribution in [2.75, 3.05) is 13.1 Å². The Morgan fingerprint density at radius 1 is 1.12 bits per heavy atom. The number of hydrogen-bond donors (Lipinski definition) is 0. The smallest absolute Gasteiger partial charge is 0.279 e. The highest BCUT2D eigenvalue weighted by atomic mass is 32.2. The second-order valence-corrected chi connectivity index (χ2v) is 11.5. The summed E-state index contributed by atoms with van der Waals surface area (Å²) in [6, 6.07) is 10.3. The standard InChI is InChI=1S/C22H24N4O5S2/c1-14-10-15(2)13-25(12-14)33(30,31)18-7-4-16(5-8-18)21(27)23-22-24(3)19-9-6-17(26(28)29)11-20(19)32-22/h4-9,11,14-15H,10,12-13H2,1-3H3/t14-,15-/m0/s1. The lowest BCUT2D eigenvalue weighted by Gasteiger charge is -2.34. The fourth-order valence-electron chi connectivity index (χ4n) is 4.21. The molecule has 0 bridgehead atoms. The number of carbonyl (C=O) groups is 1. The minimum Gasteiger partial charge on any atom is -0.319 e. The minimum atomic E-state index is -3.63. The van der Waals surface area contributed by atoms with Crippen LogP contribution < -0.4 is 4.80 Å². The zero-order valence-corrected chi connectivity index (χ0v) is 20.1. The van der Waals surface area contributed by atoms with Crippen molar-refractivity contribution in [2.45, 2.75) is 25.2 Å². The monoisotopic (exact) mass is 488 g/mol. The topological polar surface area (TPSA) is 115 Å². The molecule has 3 aromatic rings. The van der Waals surface area contributed by atoms with E-state index in [2.05, 4.69) is 4.99 Å². The van der Waals surface area contributed by atoms with Crippen LogP contribution in [0.15, 0.2) is 52.4 Å². The second kappa shape index (κ2) is 8.81. The summed E-state index contributed by atoms with van der Waals surface area (Å²) in [5, 5.41) is 11.0. The summed E-state index contributed by atoms with van der Waals surface area (Å²) in [5.74, 6) is 0.0779. The molecule has 1 aromatic heterocycles. The van der Waals surface area contributed by atoms with Crippen LogP contribution in [0.3, 0.4) is 0 Å². The average Bonchev–Trinajstić information content (AvgIpc) is 3.07. The molecular weight excluding hydrogens is 464 g/mol. The molecule has 1 saturated heterocycles. The Balaban J connectivity index is 1.61. The van der Waals surface area contributed by atoms with E-state index in [4.69, 9.17) is 0 Å². The van der Waals surface area contributed by atoms with Gasteiger partial charge in [0.25, 0.3) is 11.6 Å². The van der Waals surface area contributed by atoms with Gasteiger partial charge in [-0.15, -0.1) is 0 Å². The van der Waals surface area contributed by atoms with Gasteiger partial charge in [-0.1, -0.05) is 25.2 Å². The first-order chi connectivity index (χ1) is 15.6. The van der Waals surface area contributed by atoms with Gasteiger partial charge in [0.05, 0.1) is 20.0 Å². The van der Waals surface area contributed by atoms with Crippen molar-refractivity contribution >= 4 is 43.2 Å². The van der Waals surface area contributed by atoms with Crippen molar-refractivity contribution in [2.24, 2.45) is 23.9 Å². The molecule has 2 atom stereocenters. The highest BCUT2D eigenvalue weighted by Crippen LogP contribution is 2.27. The largest absolute Gasteiger partial charge is 0.319 e. The zero-order valence-electron chi connectivity index (χ0n) is 18.5. The van der Waals surface area contributed by atoms with E-state index in [0.717, 1.165) is 11.9 Å². The van der Waals surface area contributed by atoms with Crippen molar-refractivity contribution in [1.29, 1.82) is 0 Å². The third-order valence-electron chi connectivity index (χ3n) is 5.78. The van der Waals surface area contributed by atoms with Gasteiger partial charge in [0.2, 0.25) is 10.0 Å². The number of carbonyl (C=O) groups excluding carboxylic acids is 1. The van der Waals surface area contributed by atoms with Crippen molar-refractivity contribution in [3.05, 3.63) is 62.9 Å². The third-order valence-corrected chi connectivity index (χ3v) is 8.72. The van der Waals surface area contributed by atoms with E-state index in [1.807, 2.05) is 13.8 Å². The van der Waals surface area contributed by atoms with E-state index in [1.54, 1.807) is 17.7 Å². The fraction of sp³-hybridized carbons (Fsp3) is 0.364. The highest BCUT2D eigenvalue weighted by Gasteiger charge is 2.31. The zero-order chi connectivity index (χ0) is 23.9. The average molecular weight is 489 g/mol. The molecule has 0 N–H and O–H groups in total. The van der Waals surface area contributed by atoms with E-state index in [1.165, 1.54) is 52.0 Å². The van der Waals surface area contributed by atoms with Gasteiger partial charge in [-0.25, -0.2) is 8.42 Å². The number of hydrogen-bond acceptors (Lipinski definition) is 6. The summed E-state index contributed by atoms with van der Waals surface area (Å²) < 4.78 is 29.9. The number of fused-ring (bicyclic) bond motifs is 1. The molecule has 1 amide bonds. The first-order valence-corrected chi connectivity index (χ1v) is 12.7. The number of aromatic nitrogens is 1. The Hall–Kier alpha value is -2.89. The lowest BCUT2D eigenvalue weighted by atomic mass is 9.94. The molecule has 0 unspecified atom stereocenters. The molecule has 9 nitrogen and oxygen atoms in total. The lowest BCUT2D eigenvalue weighted by Crippen LogP contribution is -2.42. The third kappa shape index (κ3) is 4.61. The van der Waals surface area contributed by atoms with Gasteiger partial charge in [-0.05, 0) is 48.6 Å². The fourth-order valence-corrected chi connectivity index (χ4v) is 6.94. The maximum atomic E-state index is 13.0. The predicted molar refractivity (Wildman–Crippen MR) is 125 cm³/mol. The highest BCUT2D eigenvalue weighted by molar-refractivity contribution is 7.89. The van der Waals surface area contributed by atoms with Crippen LogP contribution >= 0.6 is 11.3 Å². The van der Waals surface area contributed by atoms with Crippen LogP contribution in [0, 0.1) is 22.0 Å². The Bertz CT molecular complexity index is 1400. The van der Waals surface area contributed by atoms with Gasteiger partial charge in [0.1, 0.15) is 0 Å². The number of piperidine rings is 1. The number of rotatable bonds is 4. The number of thiazole rings is 1. The number of benzene rings is 2. The first kappa shape index (κ1) is 23.3. The Kier molecular flexibility index (Phi) is 6.21. The van der Waals surface area contributed by atoms with Crippen LogP contribution in [-0.2, 0) is 17.1 Å². The van der Waals surface area contributed by atoms with Crippen molar-refractivity contribution in [3.8, 4) is 0 Å². The van der Waals surface area contributed by atoms with Gasteiger partial charge in [0, 0.05) is 37.8 Å². The molecule has 11 heteroatoms. The molecule has 2 heterocycles. The summed E-state index contributed by atoms with van der Waals surface area (Å²) in [5.41, 5.74) is 0.956. The number of nitrogens with zero attached hydrogens (tertiary/aromatic N) is 4. The van der Waals surface area contributed by atoms with E-state index in [0.29, 0.717) is 34.4 Å². The van der Waals surface area contributed by atoms with E-state index < -0.39 is 20.9 Å². The maximum Gasteiger partial charge on any atom is 0.279 e. The molecule has 4 rings (SSSR count). The SMILES string of the molecule is C[C@H]1C[C@H](C)CN(S(=O)(=O)c2ccc(C(=O)N=c3sc4cc([N+](=O)[O-])ccc4n3C)cc2)C1. The molecule has 0 aliphatic carbocycles. The summed E-state index contributed by atoms with van der Waals surface area (Å²) in [7, 11) is -1.90. The molecule has 0 spiro atoms. The summed E-state index contributed by atoms with van der Waals surface area (Å²) in [6.07, 6.45) is 1.00. The van der Waals surface area contributed by atoms with Gasteiger partial charge >= 0.3 is 0 Å². The predicted octanol–water partition coefficient (Wildman–Crippen LogP) is 3.56. The Labute approximate surface area is 195 Å². The van der Waals surface area contributed by atoms with Crippen molar-refractivity contribution < 1.29 is 18.1 Å². The van der Waals surface area contributed by atoms with E-state index in [-0.39, 0.29) is 16.1 Å². The summed E-state index contributed by atoms with van der Waals surface area (Å²) in [4.78, 5) is 28.0. The lowest BCUT2D eigenvalue weighted by molar-refractivity contribution is -0.384. The summed E-state index contributed by atoms with van der Waals surface area (Å²) in [6.45, 7) is 5.08. The van der Waals surface area contributed by atoms with Crippen molar-refractivity contribution in [1.82, 2.24) is 8.87 Å². The molecule has 174 valence electrons. The van der Waals surface area contributed by atoms with Crippen LogP contribution in [0.5, 0.6) is 0 Å². The number of sulfonamides is 1.